The number of cyclic esters (lactones) is 1. The van der Waals surface area contributed by atoms with E-state index in [1.807, 2.05) is 20.8 Å². The Labute approximate surface area is 397 Å². The van der Waals surface area contributed by atoms with Gasteiger partial charge in [0.05, 0.1) is 6.42 Å². The molecule has 2 heterocycles. The molecule has 3 rings (SSSR count). The van der Waals surface area contributed by atoms with Crippen molar-refractivity contribution in [1.82, 2.24) is 36.4 Å². The molecule has 2 aliphatic rings. The quantitative estimate of drug-likeness (QED) is 0.0390. The maximum absolute atomic E-state index is 14.8. The molecule has 22 nitrogen and oxygen atoms in total. The number of rotatable bonds is 18. The first kappa shape index (κ1) is 56.0. The van der Waals surface area contributed by atoms with Gasteiger partial charge in [0.1, 0.15) is 54.6 Å². The molecule has 11 N–H and O–H groups in total. The minimum atomic E-state index is -1.85. The van der Waals surface area contributed by atoms with Gasteiger partial charge in [-0.05, 0) is 62.8 Å². The van der Waals surface area contributed by atoms with Gasteiger partial charge in [0.15, 0.2) is 5.96 Å². The predicted molar refractivity (Wildman–Crippen MR) is 248 cm³/mol. The topological polar surface area (TPSA) is 334 Å². The van der Waals surface area contributed by atoms with Crippen LogP contribution in [0.4, 0.5) is 0 Å². The van der Waals surface area contributed by atoms with Crippen molar-refractivity contribution in [2.45, 2.75) is 167 Å². The summed E-state index contributed by atoms with van der Waals surface area (Å²) in [6.45, 7) is 10.1. The number of aliphatic carboxylic acids is 1. The molecule has 0 aliphatic carbocycles. The number of piperidine rings is 1. The summed E-state index contributed by atoms with van der Waals surface area (Å²) in [5.41, 5.74) is 11.7. The van der Waals surface area contributed by atoms with E-state index >= 15 is 0 Å². The van der Waals surface area contributed by atoms with Gasteiger partial charge in [-0.25, -0.2) is 4.79 Å². The summed E-state index contributed by atoms with van der Waals surface area (Å²) in [7, 11) is 1.39. The molecule has 0 aromatic heterocycles. The van der Waals surface area contributed by atoms with Crippen LogP contribution in [0.1, 0.15) is 111 Å². The number of aliphatic hydroxyl groups excluding tert-OH is 1. The van der Waals surface area contributed by atoms with E-state index < -0.39 is 120 Å². The Morgan fingerprint density at radius 1 is 0.897 bits per heavy atom. The third kappa shape index (κ3) is 16.8. The molecule has 0 spiro atoms. The summed E-state index contributed by atoms with van der Waals surface area (Å²) in [6.07, 6.45) is -2.15. The zero-order valence-corrected chi connectivity index (χ0v) is 40.2. The molecule has 3 unspecified atom stereocenters. The van der Waals surface area contributed by atoms with Gasteiger partial charge >= 0.3 is 11.9 Å². The van der Waals surface area contributed by atoms with Crippen molar-refractivity contribution < 1.29 is 58.1 Å². The third-order valence-electron chi connectivity index (χ3n) is 11.8. The van der Waals surface area contributed by atoms with E-state index in [2.05, 4.69) is 31.6 Å². The van der Waals surface area contributed by atoms with E-state index in [4.69, 9.17) is 16.2 Å². The van der Waals surface area contributed by atoms with Crippen molar-refractivity contribution in [3.8, 4) is 0 Å². The van der Waals surface area contributed by atoms with Crippen molar-refractivity contribution in [2.24, 2.45) is 28.3 Å². The lowest BCUT2D eigenvalue weighted by molar-refractivity contribution is -0.166. The molecule has 378 valence electrons. The largest absolute Gasteiger partial charge is 0.481 e. The number of aliphatic hydroxyl groups is 1. The molecule has 1 aromatic rings. The number of amides is 7. The van der Waals surface area contributed by atoms with Crippen molar-refractivity contribution in [3.05, 3.63) is 35.9 Å². The molecular formula is C46H72N10O12. The van der Waals surface area contributed by atoms with Gasteiger partial charge in [0, 0.05) is 26.4 Å². The van der Waals surface area contributed by atoms with Crippen LogP contribution in [-0.4, -0.2) is 147 Å². The summed E-state index contributed by atoms with van der Waals surface area (Å²) in [4.78, 5) is 132. The molecule has 9 atom stereocenters. The molecule has 68 heavy (non-hydrogen) atoms. The van der Waals surface area contributed by atoms with Crippen molar-refractivity contribution in [1.29, 1.82) is 0 Å². The number of carboxylic acid groups (broad SMARTS) is 1. The maximum atomic E-state index is 14.8. The number of esters is 1. The van der Waals surface area contributed by atoms with E-state index in [0.717, 1.165) is 11.3 Å². The number of carboxylic acids is 1. The standard InChI is InChI=1S/C46H72N10O12/c1-8-9-11-18-34(57)50-31(24-36(59)60)40(62)54-38-27(6)68-45(67)37(26(4)5)53-41(63)32(23-28-15-12-10-13-16-28)55(7)44(66)33(22-25(2)3)56-35(58)20-19-30(43(56)65)52-39(61)29(51-42(38)64)17-14-21-49-46(47)48/h10,12-13,15-16,25-27,29-33,35,37-38,58H,8-9,11,14,17-24H2,1-7H3,(H,50,57)(H,51,64)(H,52,61)(H,53,63)(H,54,62)(H,59,60)(H4,47,48,49)/t27-,29+,30+,31+,32?,33?,35-,37?,38+/m1/s1. The van der Waals surface area contributed by atoms with E-state index in [9.17, 15) is 53.4 Å². The second-order valence-electron chi connectivity index (χ2n) is 18.2. The molecular weight excluding hydrogens is 885 g/mol. The Balaban J connectivity index is 2.22. The van der Waals surface area contributed by atoms with E-state index in [1.165, 1.54) is 18.9 Å². The van der Waals surface area contributed by atoms with Crippen LogP contribution in [0.2, 0.25) is 0 Å². The Morgan fingerprint density at radius 2 is 1.57 bits per heavy atom. The lowest BCUT2D eigenvalue weighted by Gasteiger charge is -2.43. The molecule has 22 heteroatoms. The fourth-order valence-electron chi connectivity index (χ4n) is 8.03. The van der Waals surface area contributed by atoms with Crippen molar-refractivity contribution in [3.63, 3.8) is 0 Å². The summed E-state index contributed by atoms with van der Waals surface area (Å²) in [6, 6.07) is -1.57. The van der Waals surface area contributed by atoms with Crippen LogP contribution >= 0.6 is 0 Å². The average molecular weight is 957 g/mol. The second-order valence-corrected chi connectivity index (χ2v) is 18.2. The number of likely N-dealkylation sites (N-methyl/N-ethyl adjacent to an activating group) is 1. The number of hydrogen-bond acceptors (Lipinski definition) is 12. The van der Waals surface area contributed by atoms with Crippen LogP contribution in [0.3, 0.4) is 0 Å². The van der Waals surface area contributed by atoms with Gasteiger partial charge in [0.25, 0.3) is 0 Å². The van der Waals surface area contributed by atoms with Gasteiger partial charge in [-0.1, -0.05) is 77.8 Å². The van der Waals surface area contributed by atoms with Crippen molar-refractivity contribution in [2.75, 3.05) is 13.6 Å². The van der Waals surface area contributed by atoms with Gasteiger partial charge < -0.3 is 62.8 Å². The molecule has 2 saturated heterocycles. The van der Waals surface area contributed by atoms with Crippen LogP contribution in [0.5, 0.6) is 0 Å². The van der Waals surface area contributed by atoms with Gasteiger partial charge in [0.2, 0.25) is 41.4 Å². The lowest BCUT2D eigenvalue weighted by Crippen LogP contribution is -2.65. The Hall–Kier alpha value is -6.32. The number of fused-ring (bicyclic) bond motifs is 2. The summed E-state index contributed by atoms with van der Waals surface area (Å²) in [5, 5.41) is 33.9. The zero-order valence-electron chi connectivity index (χ0n) is 40.2. The van der Waals surface area contributed by atoms with Gasteiger partial charge in [-0.2, -0.15) is 0 Å². The van der Waals surface area contributed by atoms with E-state index in [0.29, 0.717) is 18.4 Å². The molecule has 0 saturated carbocycles. The Bertz CT molecular complexity index is 1960. The minimum absolute atomic E-state index is 0.00735. The molecule has 0 radical (unpaired) electrons. The van der Waals surface area contributed by atoms with Gasteiger partial charge in [-0.15, -0.1) is 0 Å². The number of nitrogens with two attached hydrogens (primary N) is 2. The normalized spacial score (nSPS) is 24.9. The fourth-order valence-corrected chi connectivity index (χ4v) is 8.03. The SMILES string of the molecule is CCCCCC(=O)N[C@@H](CC(=O)O)C(=O)N[C@@H]1C(=O)N[C@@H](CCCN=C(N)N)C(=O)N[C@H]2CC[C@@H](O)N(C2=O)C(CC(C)C)C(=O)N(C)C(Cc2ccccc2)C(=O)NC(C(C)C)C(=O)O[C@@H]1C. The number of nitrogens with one attached hydrogen (secondary N) is 5. The third-order valence-corrected chi connectivity index (χ3v) is 11.8. The van der Waals surface area contributed by atoms with Crippen LogP contribution < -0.4 is 38.1 Å². The molecule has 2 aliphatic heterocycles. The van der Waals surface area contributed by atoms with Crippen molar-refractivity contribution >= 4 is 59.2 Å². The number of carbonyl (C=O) groups excluding carboxylic acids is 8. The number of benzene rings is 1. The smallest absolute Gasteiger partial charge is 0.329 e. The lowest BCUT2D eigenvalue weighted by atomic mass is 9.94. The molecule has 1 aromatic carbocycles. The monoisotopic (exact) mass is 957 g/mol. The molecule has 2 fully saturated rings. The highest BCUT2D eigenvalue weighted by Crippen LogP contribution is 2.26. The molecule has 2 bridgehead atoms. The summed E-state index contributed by atoms with van der Waals surface area (Å²) < 4.78 is 5.82. The first-order chi connectivity index (χ1) is 32.0. The summed E-state index contributed by atoms with van der Waals surface area (Å²) >= 11 is 0. The number of aliphatic imine (C=N–C) groups is 1. The summed E-state index contributed by atoms with van der Waals surface area (Å²) in [5.74, 6) is -9.59. The number of ether oxygens (including phenoxy) is 1. The Kier molecular flexibility index (Phi) is 22.1. The fraction of sp³-hybridized carbons (Fsp3) is 0.652. The van der Waals surface area contributed by atoms with Gasteiger partial charge in [-0.3, -0.25) is 43.3 Å². The van der Waals surface area contributed by atoms with E-state index in [1.54, 1.807) is 44.2 Å². The highest BCUT2D eigenvalue weighted by Gasteiger charge is 2.46. The highest BCUT2D eigenvalue weighted by atomic mass is 16.5. The number of unbranched alkanes of at least 4 members (excludes halogenated alkanes) is 2. The van der Waals surface area contributed by atoms with Crippen LogP contribution in [-0.2, 0) is 54.3 Å². The number of hydrogen-bond donors (Lipinski definition) is 9. The molecule has 7 amide bonds. The van der Waals surface area contributed by atoms with Crippen LogP contribution in [0.25, 0.3) is 0 Å². The predicted octanol–water partition coefficient (Wildman–Crippen LogP) is -0.455. The van der Waals surface area contributed by atoms with Crippen LogP contribution in [0, 0.1) is 11.8 Å². The number of guanidine groups is 1. The zero-order chi connectivity index (χ0) is 50.8. The first-order valence-electron chi connectivity index (χ1n) is 23.3. The first-order valence-corrected chi connectivity index (χ1v) is 23.3. The second kappa shape index (κ2) is 26.9. The Morgan fingerprint density at radius 3 is 2.18 bits per heavy atom. The van der Waals surface area contributed by atoms with Crippen LogP contribution in [0.15, 0.2) is 35.3 Å². The maximum Gasteiger partial charge on any atom is 0.329 e. The average Bonchev–Trinajstić information content (AvgIpc) is 3.26. The minimum Gasteiger partial charge on any atom is -0.481 e. The number of nitrogens with zero attached hydrogens (tertiary/aromatic N) is 3. The van der Waals surface area contributed by atoms with E-state index in [-0.39, 0.29) is 63.4 Å². The number of carbonyl (C=O) groups is 9. The highest BCUT2D eigenvalue weighted by molar-refractivity contribution is 5.98.